The molecule has 2 unspecified atom stereocenters. The number of halogens is 1. The lowest BCUT2D eigenvalue weighted by Crippen LogP contribution is -2.46. The third kappa shape index (κ3) is 2.36. The molecule has 0 amide bonds. The van der Waals surface area contributed by atoms with Crippen LogP contribution in [0, 0.1) is 0 Å². The molecule has 3 aromatic rings. The van der Waals surface area contributed by atoms with Gasteiger partial charge in [-0.3, -0.25) is 9.88 Å². The minimum Gasteiger partial charge on any atom is -0.423 e. The molecule has 122 valence electrons. The van der Waals surface area contributed by atoms with E-state index < -0.39 is 0 Å². The van der Waals surface area contributed by atoms with Crippen LogP contribution in [0.2, 0.25) is 5.02 Å². The monoisotopic (exact) mass is 340 g/mol. The van der Waals surface area contributed by atoms with Crippen molar-refractivity contribution in [2.75, 3.05) is 18.0 Å². The summed E-state index contributed by atoms with van der Waals surface area (Å²) in [5.41, 5.74) is 2.75. The summed E-state index contributed by atoms with van der Waals surface area (Å²) in [5.74, 6) is 0. The predicted molar refractivity (Wildman–Crippen MR) is 93.2 cm³/mol. The highest BCUT2D eigenvalue weighted by Gasteiger charge is 2.44. The van der Waals surface area contributed by atoms with Gasteiger partial charge in [-0.2, -0.15) is 4.98 Å². The summed E-state index contributed by atoms with van der Waals surface area (Å²) in [4.78, 5) is 13.9. The van der Waals surface area contributed by atoms with Crippen molar-refractivity contribution >= 4 is 28.7 Å². The Morgan fingerprint density at radius 3 is 2.92 bits per heavy atom. The van der Waals surface area contributed by atoms with Crippen molar-refractivity contribution in [3.8, 4) is 0 Å². The van der Waals surface area contributed by atoms with Crippen LogP contribution >= 0.6 is 11.6 Å². The molecule has 2 aliphatic rings. The molecule has 0 radical (unpaired) electrons. The highest BCUT2D eigenvalue weighted by atomic mass is 35.5. The molecule has 24 heavy (non-hydrogen) atoms. The first kappa shape index (κ1) is 14.3. The smallest absolute Gasteiger partial charge is 0.298 e. The van der Waals surface area contributed by atoms with Crippen LogP contribution in [-0.2, 0) is 6.54 Å². The highest BCUT2D eigenvalue weighted by Crippen LogP contribution is 2.36. The number of aromatic nitrogens is 2. The second-order valence-corrected chi connectivity index (χ2v) is 6.99. The van der Waals surface area contributed by atoms with Crippen LogP contribution in [0.1, 0.15) is 12.1 Å². The summed E-state index contributed by atoms with van der Waals surface area (Å²) in [6, 6.07) is 13.4. The van der Waals surface area contributed by atoms with E-state index >= 15 is 0 Å². The zero-order valence-electron chi connectivity index (χ0n) is 13.1. The Bertz CT molecular complexity index is 881. The van der Waals surface area contributed by atoms with Gasteiger partial charge in [-0.15, -0.1) is 0 Å². The van der Waals surface area contributed by atoms with Crippen molar-refractivity contribution in [2.45, 2.75) is 25.0 Å². The van der Waals surface area contributed by atoms with Crippen molar-refractivity contribution < 1.29 is 4.42 Å². The van der Waals surface area contributed by atoms with E-state index in [1.807, 2.05) is 36.5 Å². The van der Waals surface area contributed by atoms with Crippen molar-refractivity contribution in [3.63, 3.8) is 0 Å². The molecule has 2 saturated heterocycles. The second kappa shape index (κ2) is 5.46. The first-order chi connectivity index (χ1) is 11.8. The zero-order valence-corrected chi connectivity index (χ0v) is 13.9. The third-order valence-corrected chi connectivity index (χ3v) is 5.27. The average molecular weight is 341 g/mol. The van der Waals surface area contributed by atoms with E-state index in [4.69, 9.17) is 16.0 Å². The Morgan fingerprint density at radius 2 is 2.12 bits per heavy atom. The number of likely N-dealkylation sites (tertiary alicyclic amines) is 1. The number of benzene rings is 1. The maximum atomic E-state index is 6.03. The fourth-order valence-corrected chi connectivity index (χ4v) is 4.05. The fraction of sp³-hybridized carbons (Fsp3) is 0.333. The number of pyridine rings is 1. The first-order valence-corrected chi connectivity index (χ1v) is 8.61. The molecule has 0 aliphatic carbocycles. The summed E-state index contributed by atoms with van der Waals surface area (Å²) < 4.78 is 5.94. The van der Waals surface area contributed by atoms with Gasteiger partial charge in [0, 0.05) is 49.0 Å². The number of piperazine rings is 1. The van der Waals surface area contributed by atoms with Crippen molar-refractivity contribution in [1.82, 2.24) is 14.9 Å². The highest BCUT2D eigenvalue weighted by molar-refractivity contribution is 6.31. The van der Waals surface area contributed by atoms with Gasteiger partial charge < -0.3 is 9.32 Å². The summed E-state index contributed by atoms with van der Waals surface area (Å²) in [6.45, 7) is 2.90. The largest absolute Gasteiger partial charge is 0.423 e. The van der Waals surface area contributed by atoms with Gasteiger partial charge in [0.05, 0.1) is 5.69 Å². The molecular formula is C18H17ClN4O. The number of hydrogen-bond acceptors (Lipinski definition) is 5. The number of hydrogen-bond donors (Lipinski definition) is 0. The van der Waals surface area contributed by atoms with Crippen LogP contribution in [0.25, 0.3) is 11.1 Å². The van der Waals surface area contributed by atoms with Crippen LogP contribution in [0.4, 0.5) is 6.01 Å². The molecule has 5 rings (SSSR count). The van der Waals surface area contributed by atoms with Crippen LogP contribution in [0.5, 0.6) is 0 Å². The van der Waals surface area contributed by atoms with Gasteiger partial charge in [-0.1, -0.05) is 17.7 Å². The minimum absolute atomic E-state index is 0.460. The topological polar surface area (TPSA) is 45.4 Å². The van der Waals surface area contributed by atoms with E-state index in [-0.39, 0.29) is 0 Å². The lowest BCUT2D eigenvalue weighted by atomic mass is 10.2. The lowest BCUT2D eigenvalue weighted by molar-refractivity contribution is 0.225. The quantitative estimate of drug-likeness (QED) is 0.731. The minimum atomic E-state index is 0.460. The standard InChI is InChI=1S/C18H17ClN4O/c19-12-4-5-16-17(7-12)24-18(21-16)23-11-14-8-15(23)10-22(14)9-13-3-1-2-6-20-13/h1-7,14-15H,8-11H2. The van der Waals surface area contributed by atoms with Crippen LogP contribution in [-0.4, -0.2) is 40.0 Å². The van der Waals surface area contributed by atoms with Gasteiger partial charge >= 0.3 is 0 Å². The number of rotatable bonds is 3. The Kier molecular flexibility index (Phi) is 3.24. The Hall–Kier alpha value is -2.11. The van der Waals surface area contributed by atoms with Crippen LogP contribution in [0.3, 0.4) is 0 Å². The molecule has 2 fully saturated rings. The third-order valence-electron chi connectivity index (χ3n) is 5.03. The molecule has 1 aromatic carbocycles. The number of oxazole rings is 1. The molecule has 2 bridgehead atoms. The second-order valence-electron chi connectivity index (χ2n) is 6.55. The number of fused-ring (bicyclic) bond motifs is 3. The summed E-state index contributed by atoms with van der Waals surface area (Å²) in [7, 11) is 0. The Morgan fingerprint density at radius 1 is 1.17 bits per heavy atom. The maximum absolute atomic E-state index is 6.03. The predicted octanol–water partition coefficient (Wildman–Crippen LogP) is 3.34. The number of nitrogens with zero attached hydrogens (tertiary/aromatic N) is 4. The molecule has 0 N–H and O–H groups in total. The van der Waals surface area contributed by atoms with Crippen molar-refractivity contribution in [2.24, 2.45) is 0 Å². The lowest BCUT2D eigenvalue weighted by Gasteiger charge is -2.33. The molecule has 0 spiro atoms. The molecule has 2 atom stereocenters. The van der Waals surface area contributed by atoms with E-state index in [0.717, 1.165) is 48.9 Å². The molecule has 0 saturated carbocycles. The molecule has 2 aromatic heterocycles. The van der Waals surface area contributed by atoms with E-state index in [9.17, 15) is 0 Å². The van der Waals surface area contributed by atoms with Gasteiger partial charge in [-0.25, -0.2) is 0 Å². The normalized spacial score (nSPS) is 23.5. The summed E-state index contributed by atoms with van der Waals surface area (Å²) in [6.07, 6.45) is 3.02. The summed E-state index contributed by atoms with van der Waals surface area (Å²) in [5, 5.41) is 0.676. The van der Waals surface area contributed by atoms with E-state index in [1.165, 1.54) is 0 Å². The van der Waals surface area contributed by atoms with Gasteiger partial charge in [0.25, 0.3) is 6.01 Å². The maximum Gasteiger partial charge on any atom is 0.298 e. The zero-order chi connectivity index (χ0) is 16.1. The molecule has 4 heterocycles. The van der Waals surface area contributed by atoms with Gasteiger partial charge in [0.1, 0.15) is 5.52 Å². The van der Waals surface area contributed by atoms with Crippen molar-refractivity contribution in [3.05, 3.63) is 53.3 Å². The Balaban J connectivity index is 1.34. The molecular weight excluding hydrogens is 324 g/mol. The Labute approximate surface area is 144 Å². The average Bonchev–Trinajstić information content (AvgIpc) is 3.28. The number of anilines is 1. The van der Waals surface area contributed by atoms with E-state index in [1.54, 1.807) is 0 Å². The summed E-state index contributed by atoms with van der Waals surface area (Å²) >= 11 is 6.03. The van der Waals surface area contributed by atoms with Gasteiger partial charge in [0.2, 0.25) is 0 Å². The SMILES string of the molecule is Clc1ccc2nc(N3CC4CC3CN4Cc3ccccn3)oc2c1. The van der Waals surface area contributed by atoms with Crippen molar-refractivity contribution in [1.29, 1.82) is 0 Å². The molecule has 5 nitrogen and oxygen atoms in total. The first-order valence-electron chi connectivity index (χ1n) is 8.23. The van der Waals surface area contributed by atoms with E-state index in [2.05, 4.69) is 25.8 Å². The van der Waals surface area contributed by atoms with Crippen LogP contribution in [0.15, 0.2) is 47.0 Å². The van der Waals surface area contributed by atoms with E-state index in [0.29, 0.717) is 17.1 Å². The fourth-order valence-electron chi connectivity index (χ4n) is 3.89. The van der Waals surface area contributed by atoms with Gasteiger partial charge in [-0.05, 0) is 30.7 Å². The molecule has 6 heteroatoms. The van der Waals surface area contributed by atoms with Gasteiger partial charge in [0.15, 0.2) is 5.58 Å². The molecule has 2 aliphatic heterocycles. The van der Waals surface area contributed by atoms with Crippen LogP contribution < -0.4 is 4.90 Å².